The van der Waals surface area contributed by atoms with Gasteiger partial charge < -0.3 is 10.2 Å². The number of carbonyl (C=O) groups excluding carboxylic acids is 1. The molecule has 172 valence electrons. The smallest absolute Gasteiger partial charge is 0.244 e. The molecule has 2 aromatic rings. The summed E-state index contributed by atoms with van der Waals surface area (Å²) in [5, 5.41) is 3.54. The van der Waals surface area contributed by atoms with E-state index in [1.807, 2.05) is 12.1 Å². The van der Waals surface area contributed by atoms with Crippen molar-refractivity contribution >= 4 is 39.1 Å². The number of nitrogens with one attached hydrogen (secondary N) is 1. The van der Waals surface area contributed by atoms with Gasteiger partial charge in [0.1, 0.15) is 4.90 Å². The van der Waals surface area contributed by atoms with E-state index in [9.17, 15) is 13.2 Å². The molecule has 0 radical (unpaired) electrons. The Morgan fingerprint density at radius 3 is 2.19 bits per heavy atom. The first kappa shape index (κ1) is 23.1. The number of benzene rings is 1. The van der Waals surface area contributed by atoms with Gasteiger partial charge in [-0.15, -0.1) is 0 Å². The average molecular weight is 475 g/mol. The molecule has 2 fully saturated rings. The molecule has 9 heteroatoms. The number of anilines is 2. The summed E-state index contributed by atoms with van der Waals surface area (Å²) < 4.78 is 26.9. The van der Waals surface area contributed by atoms with E-state index in [1.54, 1.807) is 12.1 Å². The number of nitrogens with zero attached hydrogens (tertiary/aromatic N) is 3. The van der Waals surface area contributed by atoms with Crippen LogP contribution in [0.15, 0.2) is 52.5 Å². The normalized spacial score (nSPS) is 17.8. The fourth-order valence-electron chi connectivity index (χ4n) is 4.10. The van der Waals surface area contributed by atoms with Crippen molar-refractivity contribution < 1.29 is 13.2 Å². The molecule has 0 unspecified atom stereocenters. The van der Waals surface area contributed by atoms with Crippen LogP contribution in [0, 0.1) is 0 Å². The molecule has 2 aliphatic heterocycles. The highest BCUT2D eigenvalue weighted by atomic mass is 32.2. The molecule has 0 atom stereocenters. The van der Waals surface area contributed by atoms with Crippen LogP contribution in [0.3, 0.4) is 0 Å². The number of hydrogen-bond donors (Lipinski definition) is 1. The third-order valence-electron chi connectivity index (χ3n) is 5.89. The Hall–Kier alpha value is -2.10. The van der Waals surface area contributed by atoms with E-state index in [4.69, 9.17) is 0 Å². The lowest BCUT2D eigenvalue weighted by Gasteiger charge is -2.28. The molecule has 4 rings (SSSR count). The highest BCUT2D eigenvalue weighted by Gasteiger charge is 2.26. The summed E-state index contributed by atoms with van der Waals surface area (Å²) in [5.74, 6) is 0.0894. The third-order valence-corrected chi connectivity index (χ3v) is 8.71. The SMILES string of the molecule is O=C(CSc1ccc(S(=O)(=O)N2CCCCC2)cn1)Nc1ccc(N2CCCCC2)cc1. The molecular formula is C23H30N4O3S2. The summed E-state index contributed by atoms with van der Waals surface area (Å²) in [4.78, 5) is 19.2. The molecule has 1 N–H and O–H groups in total. The Morgan fingerprint density at radius 2 is 1.56 bits per heavy atom. The van der Waals surface area contributed by atoms with Crippen molar-refractivity contribution in [1.82, 2.24) is 9.29 Å². The lowest BCUT2D eigenvalue weighted by atomic mass is 10.1. The van der Waals surface area contributed by atoms with E-state index in [-0.39, 0.29) is 16.6 Å². The van der Waals surface area contributed by atoms with Crippen LogP contribution in [0.25, 0.3) is 0 Å². The van der Waals surface area contributed by atoms with Gasteiger partial charge in [-0.05, 0) is 68.5 Å². The van der Waals surface area contributed by atoms with Crippen LogP contribution in [0.4, 0.5) is 11.4 Å². The van der Waals surface area contributed by atoms with E-state index in [0.29, 0.717) is 18.1 Å². The summed E-state index contributed by atoms with van der Waals surface area (Å²) >= 11 is 1.29. The van der Waals surface area contributed by atoms with Gasteiger partial charge >= 0.3 is 0 Å². The molecule has 2 saturated heterocycles. The number of amides is 1. The first-order chi connectivity index (χ1) is 15.5. The predicted octanol–water partition coefficient (Wildman–Crippen LogP) is 3.98. The second-order valence-electron chi connectivity index (χ2n) is 8.23. The quantitative estimate of drug-likeness (QED) is 0.612. The van der Waals surface area contributed by atoms with Gasteiger partial charge in [0.05, 0.1) is 10.8 Å². The maximum absolute atomic E-state index is 12.7. The van der Waals surface area contributed by atoms with Gasteiger partial charge in [-0.3, -0.25) is 4.79 Å². The minimum atomic E-state index is -3.48. The maximum atomic E-state index is 12.7. The second kappa shape index (κ2) is 10.7. The zero-order valence-electron chi connectivity index (χ0n) is 18.2. The number of rotatable bonds is 7. The van der Waals surface area contributed by atoms with Crippen molar-refractivity contribution in [3.63, 3.8) is 0 Å². The summed E-state index contributed by atoms with van der Waals surface area (Å²) in [6.45, 7) is 3.32. The van der Waals surface area contributed by atoms with Gasteiger partial charge in [-0.1, -0.05) is 18.2 Å². The molecule has 1 aromatic heterocycles. The van der Waals surface area contributed by atoms with E-state index in [2.05, 4.69) is 27.3 Å². The zero-order chi connectivity index (χ0) is 22.4. The minimum Gasteiger partial charge on any atom is -0.372 e. The van der Waals surface area contributed by atoms with Crippen molar-refractivity contribution in [2.75, 3.05) is 42.1 Å². The number of sulfonamides is 1. The van der Waals surface area contributed by atoms with Gasteiger partial charge in [-0.25, -0.2) is 13.4 Å². The zero-order valence-corrected chi connectivity index (χ0v) is 19.8. The monoisotopic (exact) mass is 474 g/mol. The summed E-state index contributed by atoms with van der Waals surface area (Å²) in [5.41, 5.74) is 1.97. The van der Waals surface area contributed by atoms with Gasteiger partial charge in [0, 0.05) is 43.8 Å². The fraction of sp³-hybridized carbons (Fsp3) is 0.478. The number of aromatic nitrogens is 1. The van der Waals surface area contributed by atoms with Crippen molar-refractivity contribution in [3.8, 4) is 0 Å². The molecule has 32 heavy (non-hydrogen) atoms. The molecule has 2 aliphatic rings. The van der Waals surface area contributed by atoms with Crippen molar-refractivity contribution in [2.24, 2.45) is 0 Å². The minimum absolute atomic E-state index is 0.118. The van der Waals surface area contributed by atoms with Crippen LogP contribution in [0.2, 0.25) is 0 Å². The van der Waals surface area contributed by atoms with E-state index >= 15 is 0 Å². The van der Waals surface area contributed by atoms with Gasteiger partial charge in [-0.2, -0.15) is 4.31 Å². The number of piperidine rings is 2. The van der Waals surface area contributed by atoms with Crippen molar-refractivity contribution in [2.45, 2.75) is 48.4 Å². The second-order valence-corrected chi connectivity index (χ2v) is 11.2. The summed E-state index contributed by atoms with van der Waals surface area (Å²) in [6.07, 6.45) is 8.03. The van der Waals surface area contributed by atoms with E-state index < -0.39 is 10.0 Å². The molecule has 7 nitrogen and oxygen atoms in total. The predicted molar refractivity (Wildman–Crippen MR) is 129 cm³/mol. The third kappa shape index (κ3) is 5.82. The van der Waals surface area contributed by atoms with E-state index in [1.165, 1.54) is 47.2 Å². The molecule has 0 spiro atoms. The Labute approximate surface area is 194 Å². The molecular weight excluding hydrogens is 444 g/mol. The summed E-state index contributed by atoms with van der Waals surface area (Å²) in [7, 11) is -3.48. The molecule has 0 saturated carbocycles. The van der Waals surface area contributed by atoms with Crippen molar-refractivity contribution in [1.29, 1.82) is 0 Å². The molecule has 1 aromatic carbocycles. The molecule has 0 bridgehead atoms. The van der Waals surface area contributed by atoms with Gasteiger partial charge in [0.2, 0.25) is 15.9 Å². The lowest BCUT2D eigenvalue weighted by Crippen LogP contribution is -2.35. The number of thioether (sulfide) groups is 1. The van der Waals surface area contributed by atoms with Gasteiger partial charge in [0.25, 0.3) is 0 Å². The fourth-order valence-corrected chi connectivity index (χ4v) is 6.21. The molecule has 3 heterocycles. The van der Waals surface area contributed by atoms with Crippen LogP contribution in [-0.2, 0) is 14.8 Å². The van der Waals surface area contributed by atoms with E-state index in [0.717, 1.165) is 38.0 Å². The van der Waals surface area contributed by atoms with Crippen molar-refractivity contribution in [3.05, 3.63) is 42.6 Å². The number of pyridine rings is 1. The van der Waals surface area contributed by atoms with Crippen LogP contribution in [-0.4, -0.2) is 55.5 Å². The van der Waals surface area contributed by atoms with Crippen LogP contribution < -0.4 is 10.2 Å². The highest BCUT2D eigenvalue weighted by molar-refractivity contribution is 7.99. The number of carbonyl (C=O) groups is 1. The lowest BCUT2D eigenvalue weighted by molar-refractivity contribution is -0.113. The largest absolute Gasteiger partial charge is 0.372 e. The highest BCUT2D eigenvalue weighted by Crippen LogP contribution is 2.24. The van der Waals surface area contributed by atoms with Gasteiger partial charge in [0.15, 0.2) is 0 Å². The first-order valence-corrected chi connectivity index (χ1v) is 13.7. The Balaban J connectivity index is 1.27. The topological polar surface area (TPSA) is 82.6 Å². The Bertz CT molecular complexity index is 999. The Kier molecular flexibility index (Phi) is 7.70. The first-order valence-electron chi connectivity index (χ1n) is 11.3. The Morgan fingerprint density at radius 1 is 0.906 bits per heavy atom. The average Bonchev–Trinajstić information content (AvgIpc) is 2.84. The van der Waals surface area contributed by atoms with Crippen LogP contribution in [0.5, 0.6) is 0 Å². The molecule has 1 amide bonds. The van der Waals surface area contributed by atoms with Crippen LogP contribution >= 0.6 is 11.8 Å². The summed E-state index contributed by atoms with van der Waals surface area (Å²) in [6, 6.07) is 11.2. The molecule has 0 aliphatic carbocycles. The maximum Gasteiger partial charge on any atom is 0.244 e. The van der Waals surface area contributed by atoms with Crippen LogP contribution in [0.1, 0.15) is 38.5 Å². The number of hydrogen-bond acceptors (Lipinski definition) is 6. The standard InChI is InChI=1S/C23H30N4O3S2/c28-22(25-19-7-9-20(10-8-19)26-13-3-1-4-14-26)18-31-23-12-11-21(17-24-23)32(29,30)27-15-5-2-6-16-27/h7-12,17H,1-6,13-16,18H2,(H,25,28).